The van der Waals surface area contributed by atoms with Gasteiger partial charge in [-0.15, -0.1) is 11.8 Å². The van der Waals surface area contributed by atoms with E-state index in [1.54, 1.807) is 31.4 Å². The van der Waals surface area contributed by atoms with Crippen molar-refractivity contribution < 1.29 is 14.3 Å². The minimum Gasteiger partial charge on any atom is -0.497 e. The van der Waals surface area contributed by atoms with Crippen LogP contribution >= 0.6 is 11.8 Å². The summed E-state index contributed by atoms with van der Waals surface area (Å²) in [6.45, 7) is 0. The third kappa shape index (κ3) is 6.69. The van der Waals surface area contributed by atoms with Gasteiger partial charge in [-0.25, -0.2) is 0 Å². The number of carbonyl (C=O) groups excluding carboxylic acids is 2. The van der Waals surface area contributed by atoms with Gasteiger partial charge in [-0.05, 0) is 48.0 Å². The minimum absolute atomic E-state index is 0.0735. The highest BCUT2D eigenvalue weighted by Crippen LogP contribution is 2.22. The van der Waals surface area contributed by atoms with Crippen molar-refractivity contribution in [1.82, 2.24) is 0 Å². The number of hydrogen-bond donors (Lipinski definition) is 2. The Morgan fingerprint density at radius 2 is 1.55 bits per heavy atom. The maximum absolute atomic E-state index is 12.2. The Labute approximate surface area is 174 Å². The van der Waals surface area contributed by atoms with Crippen molar-refractivity contribution in [3.63, 3.8) is 0 Å². The third-order valence-electron chi connectivity index (χ3n) is 4.07. The van der Waals surface area contributed by atoms with Gasteiger partial charge in [0.1, 0.15) is 5.75 Å². The molecule has 0 saturated heterocycles. The van der Waals surface area contributed by atoms with Crippen LogP contribution < -0.4 is 15.4 Å². The molecule has 0 unspecified atom stereocenters. The second-order valence-electron chi connectivity index (χ2n) is 6.30. The molecule has 148 valence electrons. The van der Waals surface area contributed by atoms with E-state index in [-0.39, 0.29) is 17.6 Å². The highest BCUT2D eigenvalue weighted by Gasteiger charge is 2.07. The van der Waals surface area contributed by atoms with Gasteiger partial charge in [0, 0.05) is 16.3 Å². The number of carbonyl (C=O) groups is 2. The van der Waals surface area contributed by atoms with Crippen LogP contribution in [0.2, 0.25) is 0 Å². The molecule has 3 aromatic carbocycles. The van der Waals surface area contributed by atoms with E-state index >= 15 is 0 Å². The molecular weight excluding hydrogens is 384 g/mol. The lowest BCUT2D eigenvalue weighted by Gasteiger charge is -2.08. The highest BCUT2D eigenvalue weighted by molar-refractivity contribution is 8.00. The Morgan fingerprint density at radius 1 is 0.828 bits per heavy atom. The van der Waals surface area contributed by atoms with Gasteiger partial charge < -0.3 is 15.4 Å². The number of ether oxygens (including phenoxy) is 1. The zero-order valence-electron chi connectivity index (χ0n) is 16.1. The van der Waals surface area contributed by atoms with Crippen molar-refractivity contribution in [3.05, 3.63) is 84.4 Å². The first kappa shape index (κ1) is 20.5. The smallest absolute Gasteiger partial charge is 0.234 e. The van der Waals surface area contributed by atoms with E-state index in [2.05, 4.69) is 10.6 Å². The summed E-state index contributed by atoms with van der Waals surface area (Å²) in [7, 11) is 1.60. The number of amides is 2. The van der Waals surface area contributed by atoms with Gasteiger partial charge in [-0.2, -0.15) is 0 Å². The molecule has 5 nitrogen and oxygen atoms in total. The molecule has 0 atom stereocenters. The molecule has 2 amide bonds. The summed E-state index contributed by atoms with van der Waals surface area (Å²) in [6.07, 6.45) is 0.322. The van der Waals surface area contributed by atoms with E-state index in [0.717, 1.165) is 21.9 Å². The molecular formula is C23H22N2O3S. The molecule has 0 fully saturated rings. The zero-order valence-corrected chi connectivity index (χ0v) is 16.9. The Hall–Kier alpha value is -3.25. The van der Waals surface area contributed by atoms with Gasteiger partial charge in [0.2, 0.25) is 11.8 Å². The maximum atomic E-state index is 12.2. The highest BCUT2D eigenvalue weighted by atomic mass is 32.2. The molecule has 0 aliphatic carbocycles. The average Bonchev–Trinajstić information content (AvgIpc) is 2.74. The van der Waals surface area contributed by atoms with Gasteiger partial charge in [0.15, 0.2) is 0 Å². The zero-order chi connectivity index (χ0) is 20.5. The predicted molar refractivity (Wildman–Crippen MR) is 118 cm³/mol. The van der Waals surface area contributed by atoms with Crippen LogP contribution in [0.15, 0.2) is 83.8 Å². The summed E-state index contributed by atoms with van der Waals surface area (Å²) >= 11 is 1.41. The maximum Gasteiger partial charge on any atom is 0.234 e. The predicted octanol–water partition coefficient (Wildman–Crippen LogP) is 4.61. The van der Waals surface area contributed by atoms with Gasteiger partial charge in [0.25, 0.3) is 0 Å². The Kier molecular flexibility index (Phi) is 7.30. The van der Waals surface area contributed by atoms with E-state index in [0.29, 0.717) is 12.1 Å². The van der Waals surface area contributed by atoms with Crippen LogP contribution in [0.25, 0.3) is 0 Å². The van der Waals surface area contributed by atoms with Crippen molar-refractivity contribution in [1.29, 1.82) is 0 Å². The Balaban J connectivity index is 1.49. The lowest BCUT2D eigenvalue weighted by atomic mass is 10.1. The van der Waals surface area contributed by atoms with E-state index in [9.17, 15) is 9.59 Å². The lowest BCUT2D eigenvalue weighted by molar-refractivity contribution is -0.115. The normalized spacial score (nSPS) is 10.2. The topological polar surface area (TPSA) is 67.4 Å². The van der Waals surface area contributed by atoms with Gasteiger partial charge >= 0.3 is 0 Å². The molecule has 0 radical (unpaired) electrons. The minimum atomic E-state index is -0.0984. The first-order valence-electron chi connectivity index (χ1n) is 9.13. The Morgan fingerprint density at radius 3 is 2.28 bits per heavy atom. The second kappa shape index (κ2) is 10.3. The summed E-state index contributed by atoms with van der Waals surface area (Å²) < 4.78 is 5.10. The molecule has 29 heavy (non-hydrogen) atoms. The SMILES string of the molecule is COc1ccc(NC(=O)CSc2cccc(NC(=O)Cc3ccccc3)c2)cc1. The second-order valence-corrected chi connectivity index (χ2v) is 7.35. The van der Waals surface area contributed by atoms with Crippen molar-refractivity contribution >= 4 is 35.0 Å². The molecule has 6 heteroatoms. The number of methoxy groups -OCH3 is 1. The van der Waals surface area contributed by atoms with E-state index in [1.165, 1.54) is 11.8 Å². The van der Waals surface area contributed by atoms with Crippen molar-refractivity contribution in [2.75, 3.05) is 23.5 Å². The van der Waals surface area contributed by atoms with E-state index in [4.69, 9.17) is 4.74 Å². The summed E-state index contributed by atoms with van der Waals surface area (Å²) in [5.41, 5.74) is 2.40. The van der Waals surface area contributed by atoms with Gasteiger partial charge in [-0.3, -0.25) is 9.59 Å². The fourth-order valence-electron chi connectivity index (χ4n) is 2.67. The molecule has 3 aromatic rings. The van der Waals surface area contributed by atoms with Crippen molar-refractivity contribution in [2.24, 2.45) is 0 Å². The van der Waals surface area contributed by atoms with Gasteiger partial charge in [-0.1, -0.05) is 36.4 Å². The number of anilines is 2. The number of nitrogens with one attached hydrogen (secondary N) is 2. The number of hydrogen-bond acceptors (Lipinski definition) is 4. The number of thioether (sulfide) groups is 1. The molecule has 0 bridgehead atoms. The molecule has 0 aliphatic heterocycles. The van der Waals surface area contributed by atoms with Crippen LogP contribution in [0.3, 0.4) is 0 Å². The van der Waals surface area contributed by atoms with Crippen molar-refractivity contribution in [3.8, 4) is 5.75 Å². The summed E-state index contributed by atoms with van der Waals surface area (Å²) in [5, 5.41) is 5.76. The Bertz CT molecular complexity index is 959. The van der Waals surface area contributed by atoms with E-state index in [1.807, 2.05) is 54.6 Å². The first-order chi connectivity index (χ1) is 14.1. The third-order valence-corrected chi connectivity index (χ3v) is 5.06. The molecule has 0 saturated carbocycles. The van der Waals surface area contributed by atoms with Crippen LogP contribution in [0.1, 0.15) is 5.56 Å². The summed E-state index contributed by atoms with van der Waals surface area (Å²) in [5.74, 6) is 0.839. The van der Waals surface area contributed by atoms with Crippen LogP contribution in [0, 0.1) is 0 Å². The number of rotatable bonds is 8. The summed E-state index contributed by atoms with van der Waals surface area (Å²) in [6, 6.07) is 24.3. The largest absolute Gasteiger partial charge is 0.497 e. The molecule has 3 rings (SSSR count). The van der Waals surface area contributed by atoms with Crippen LogP contribution in [-0.2, 0) is 16.0 Å². The molecule has 2 N–H and O–H groups in total. The fraction of sp³-hybridized carbons (Fsp3) is 0.130. The molecule has 0 spiro atoms. The number of benzene rings is 3. The molecule has 0 heterocycles. The lowest BCUT2D eigenvalue weighted by Crippen LogP contribution is -2.15. The summed E-state index contributed by atoms with van der Waals surface area (Å²) in [4.78, 5) is 25.3. The van der Waals surface area contributed by atoms with Crippen LogP contribution in [0.4, 0.5) is 11.4 Å². The van der Waals surface area contributed by atoms with E-state index < -0.39 is 0 Å². The molecule has 0 aromatic heterocycles. The molecule has 0 aliphatic rings. The quantitative estimate of drug-likeness (QED) is 0.536. The van der Waals surface area contributed by atoms with Crippen LogP contribution in [0.5, 0.6) is 5.75 Å². The van der Waals surface area contributed by atoms with Crippen LogP contribution in [-0.4, -0.2) is 24.7 Å². The standard InChI is InChI=1S/C23H22N2O3S/c1-28-20-12-10-18(11-13-20)24-23(27)16-29-21-9-5-8-19(15-21)25-22(26)14-17-6-3-2-4-7-17/h2-13,15H,14,16H2,1H3,(H,24,27)(H,25,26). The fourth-order valence-corrected chi connectivity index (χ4v) is 3.43. The van der Waals surface area contributed by atoms with Gasteiger partial charge in [0.05, 0.1) is 19.3 Å². The van der Waals surface area contributed by atoms with Crippen molar-refractivity contribution in [2.45, 2.75) is 11.3 Å². The average molecular weight is 407 g/mol. The first-order valence-corrected chi connectivity index (χ1v) is 10.1. The monoisotopic (exact) mass is 406 g/mol.